The van der Waals surface area contributed by atoms with Crippen LogP contribution in [-0.4, -0.2) is 50.1 Å². The number of aryl methyl sites for hydroxylation is 1. The van der Waals surface area contributed by atoms with Crippen LogP contribution in [0.1, 0.15) is 36.3 Å². The monoisotopic (exact) mass is 302 g/mol. The Morgan fingerprint density at radius 2 is 1.95 bits per heavy atom. The van der Waals surface area contributed by atoms with Crippen LogP contribution in [0.4, 0.5) is 4.79 Å². The minimum atomic E-state index is 0.145. The number of likely N-dealkylation sites (tertiary alicyclic amines) is 1. The number of fused-ring (bicyclic) bond motifs is 1. The summed E-state index contributed by atoms with van der Waals surface area (Å²) in [5.41, 5.74) is 2.97. The molecule has 1 fully saturated rings. The van der Waals surface area contributed by atoms with Crippen molar-refractivity contribution < 1.29 is 9.53 Å². The first kappa shape index (κ1) is 15.2. The number of urea groups is 1. The van der Waals surface area contributed by atoms with Crippen molar-refractivity contribution in [2.45, 2.75) is 31.6 Å². The number of carbonyl (C=O) groups excluding carboxylic acids is 1. The van der Waals surface area contributed by atoms with Crippen molar-refractivity contribution >= 4 is 6.03 Å². The second kappa shape index (κ2) is 6.19. The number of rotatable bonds is 2. The van der Waals surface area contributed by atoms with Crippen LogP contribution in [0.15, 0.2) is 18.2 Å². The van der Waals surface area contributed by atoms with Gasteiger partial charge in [-0.3, -0.25) is 0 Å². The number of benzene rings is 1. The largest absolute Gasteiger partial charge is 0.497 e. The normalized spacial score (nSPS) is 21.6. The van der Waals surface area contributed by atoms with Gasteiger partial charge in [0.15, 0.2) is 0 Å². The molecule has 1 aliphatic carbocycles. The first-order chi connectivity index (χ1) is 10.6. The highest BCUT2D eigenvalue weighted by molar-refractivity contribution is 5.73. The van der Waals surface area contributed by atoms with Crippen LogP contribution >= 0.6 is 0 Å². The zero-order valence-corrected chi connectivity index (χ0v) is 13.8. The summed E-state index contributed by atoms with van der Waals surface area (Å²) >= 11 is 0. The lowest BCUT2D eigenvalue weighted by Crippen LogP contribution is -2.44. The number of carbonyl (C=O) groups is 1. The smallest absolute Gasteiger partial charge is 0.319 e. The van der Waals surface area contributed by atoms with Crippen LogP contribution in [0.2, 0.25) is 0 Å². The van der Waals surface area contributed by atoms with E-state index in [2.05, 4.69) is 18.2 Å². The number of nitrogens with zero attached hydrogens (tertiary/aromatic N) is 2. The summed E-state index contributed by atoms with van der Waals surface area (Å²) in [6, 6.07) is 6.66. The van der Waals surface area contributed by atoms with Crippen molar-refractivity contribution in [3.05, 3.63) is 29.3 Å². The molecule has 22 heavy (non-hydrogen) atoms. The molecular formula is C18H26N2O2. The molecule has 1 unspecified atom stereocenters. The Balaban J connectivity index is 1.68. The van der Waals surface area contributed by atoms with E-state index in [1.807, 2.05) is 19.0 Å². The van der Waals surface area contributed by atoms with Gasteiger partial charge in [-0.2, -0.15) is 0 Å². The molecule has 1 atom stereocenters. The maximum Gasteiger partial charge on any atom is 0.319 e. The molecule has 120 valence electrons. The highest BCUT2D eigenvalue weighted by Crippen LogP contribution is 2.43. The van der Waals surface area contributed by atoms with Gasteiger partial charge in [-0.15, -0.1) is 0 Å². The fraction of sp³-hybridized carbons (Fsp3) is 0.611. The first-order valence-electron chi connectivity index (χ1n) is 8.23. The van der Waals surface area contributed by atoms with Crippen LogP contribution in [0.3, 0.4) is 0 Å². The van der Waals surface area contributed by atoms with Crippen LogP contribution < -0.4 is 4.74 Å². The first-order valence-corrected chi connectivity index (χ1v) is 8.23. The zero-order valence-electron chi connectivity index (χ0n) is 13.8. The summed E-state index contributed by atoms with van der Waals surface area (Å²) in [7, 11) is 5.39. The number of ether oxygens (including phenoxy) is 1. The average molecular weight is 302 g/mol. The Hall–Kier alpha value is -1.71. The van der Waals surface area contributed by atoms with E-state index in [0.717, 1.165) is 31.7 Å². The molecule has 0 saturated carbocycles. The zero-order chi connectivity index (χ0) is 15.7. The second-order valence-corrected chi connectivity index (χ2v) is 6.71. The third-order valence-electron chi connectivity index (χ3n) is 5.24. The van der Waals surface area contributed by atoms with E-state index >= 15 is 0 Å². The highest BCUT2D eigenvalue weighted by atomic mass is 16.5. The molecule has 0 bridgehead atoms. The Bertz CT molecular complexity index is 548. The molecule has 1 saturated heterocycles. The number of amides is 2. The molecule has 3 rings (SSSR count). The minimum absolute atomic E-state index is 0.145. The maximum atomic E-state index is 12.0. The van der Waals surface area contributed by atoms with Gasteiger partial charge < -0.3 is 14.5 Å². The van der Waals surface area contributed by atoms with E-state index in [4.69, 9.17) is 4.74 Å². The average Bonchev–Trinajstić information content (AvgIpc) is 2.97. The molecule has 1 aromatic carbocycles. The quantitative estimate of drug-likeness (QED) is 0.841. The van der Waals surface area contributed by atoms with Crippen molar-refractivity contribution in [3.8, 4) is 5.75 Å². The third-order valence-corrected chi connectivity index (χ3v) is 5.24. The summed E-state index contributed by atoms with van der Waals surface area (Å²) < 4.78 is 5.39. The Kier molecular flexibility index (Phi) is 4.27. The Labute approximate surface area is 133 Å². The van der Waals surface area contributed by atoms with E-state index in [1.54, 1.807) is 12.0 Å². The van der Waals surface area contributed by atoms with Gasteiger partial charge in [0, 0.05) is 27.2 Å². The molecule has 1 heterocycles. The van der Waals surface area contributed by atoms with Gasteiger partial charge in [0.1, 0.15) is 5.75 Å². The molecule has 1 aromatic rings. The molecule has 0 spiro atoms. The van der Waals surface area contributed by atoms with Crippen LogP contribution in [0.5, 0.6) is 5.75 Å². The lowest BCUT2D eigenvalue weighted by molar-refractivity contribution is 0.141. The number of methoxy groups -OCH3 is 1. The molecule has 4 heteroatoms. The van der Waals surface area contributed by atoms with Gasteiger partial charge >= 0.3 is 6.03 Å². The van der Waals surface area contributed by atoms with Gasteiger partial charge in [-0.25, -0.2) is 4.79 Å². The van der Waals surface area contributed by atoms with E-state index < -0.39 is 0 Å². The second-order valence-electron chi connectivity index (χ2n) is 6.71. The standard InChI is InChI=1S/C18H26N2O2/c1-19(2)18(21)20-10-8-14(9-11-20)16-7-5-13-4-6-15(22-3)12-17(13)16/h4,6,12,14,16H,5,7-11H2,1-3H3. The predicted octanol–water partition coefficient (Wildman–Crippen LogP) is 3.12. The van der Waals surface area contributed by atoms with Crippen molar-refractivity contribution in [1.82, 2.24) is 9.80 Å². The fourth-order valence-corrected chi connectivity index (χ4v) is 4.00. The topological polar surface area (TPSA) is 32.8 Å². The summed E-state index contributed by atoms with van der Waals surface area (Å²) in [6.07, 6.45) is 4.65. The summed E-state index contributed by atoms with van der Waals surface area (Å²) in [4.78, 5) is 15.7. The Morgan fingerprint density at radius 1 is 1.23 bits per heavy atom. The van der Waals surface area contributed by atoms with Gasteiger partial charge in [0.2, 0.25) is 0 Å². The predicted molar refractivity (Wildman–Crippen MR) is 87.4 cm³/mol. The van der Waals surface area contributed by atoms with Crippen molar-refractivity contribution in [1.29, 1.82) is 0 Å². The SMILES string of the molecule is COc1ccc2c(c1)C(C1CCN(C(=O)N(C)C)CC1)CC2. The summed E-state index contributed by atoms with van der Waals surface area (Å²) in [5, 5.41) is 0. The summed E-state index contributed by atoms with van der Waals surface area (Å²) in [5.74, 6) is 2.30. The number of hydrogen-bond acceptors (Lipinski definition) is 2. The molecule has 0 N–H and O–H groups in total. The molecule has 0 radical (unpaired) electrons. The van der Waals surface area contributed by atoms with E-state index in [0.29, 0.717) is 11.8 Å². The van der Waals surface area contributed by atoms with Crippen molar-refractivity contribution in [2.75, 3.05) is 34.3 Å². The summed E-state index contributed by atoms with van der Waals surface area (Å²) in [6.45, 7) is 1.77. The number of hydrogen-bond donors (Lipinski definition) is 0. The number of piperidine rings is 1. The van der Waals surface area contributed by atoms with Gasteiger partial charge in [-0.05, 0) is 60.8 Å². The van der Waals surface area contributed by atoms with E-state index in [9.17, 15) is 4.79 Å². The van der Waals surface area contributed by atoms with Gasteiger partial charge in [0.05, 0.1) is 7.11 Å². The van der Waals surface area contributed by atoms with Crippen LogP contribution in [0, 0.1) is 5.92 Å². The van der Waals surface area contributed by atoms with E-state index in [1.165, 1.54) is 24.0 Å². The lowest BCUT2D eigenvalue weighted by Gasteiger charge is -2.36. The van der Waals surface area contributed by atoms with Gasteiger partial charge in [-0.1, -0.05) is 6.07 Å². The van der Waals surface area contributed by atoms with Crippen LogP contribution in [-0.2, 0) is 6.42 Å². The molecule has 0 aromatic heterocycles. The van der Waals surface area contributed by atoms with Crippen molar-refractivity contribution in [3.63, 3.8) is 0 Å². The fourth-order valence-electron chi connectivity index (χ4n) is 4.00. The van der Waals surface area contributed by atoms with Crippen molar-refractivity contribution in [2.24, 2.45) is 5.92 Å². The van der Waals surface area contributed by atoms with Crippen LogP contribution in [0.25, 0.3) is 0 Å². The Morgan fingerprint density at radius 3 is 2.59 bits per heavy atom. The third kappa shape index (κ3) is 2.79. The maximum absolute atomic E-state index is 12.0. The molecule has 2 aliphatic rings. The molecular weight excluding hydrogens is 276 g/mol. The minimum Gasteiger partial charge on any atom is -0.497 e. The molecule has 2 amide bonds. The molecule has 4 nitrogen and oxygen atoms in total. The molecule has 1 aliphatic heterocycles. The van der Waals surface area contributed by atoms with Gasteiger partial charge in [0.25, 0.3) is 0 Å². The van der Waals surface area contributed by atoms with E-state index in [-0.39, 0.29) is 6.03 Å². The highest BCUT2D eigenvalue weighted by Gasteiger charge is 2.33. The lowest BCUT2D eigenvalue weighted by atomic mass is 9.81.